The smallest absolute Gasteiger partial charge is 0.187 e. The lowest BCUT2D eigenvalue weighted by Crippen LogP contribution is -2.64. The molecule has 10 atom stereocenters. The number of rotatable bonds is 13. The zero-order chi connectivity index (χ0) is 23.7. The van der Waals surface area contributed by atoms with Crippen LogP contribution in [-0.2, 0) is 18.9 Å². The molecule has 190 valence electrons. The molecule has 0 aromatic carbocycles. The van der Waals surface area contributed by atoms with Crippen molar-refractivity contribution in [3.05, 3.63) is 0 Å². The number of ether oxygens (including phenoxy) is 4. The molecule has 0 spiro atoms. The SMILES string of the molecule is CCCCCCCCCOC1OC(CO)C(OC2OC(CO)C(O)C(O)C2O)C(O)C1O. The second-order valence-electron chi connectivity index (χ2n) is 8.50. The van der Waals surface area contributed by atoms with Crippen molar-refractivity contribution in [1.82, 2.24) is 0 Å². The predicted octanol–water partition coefficient (Wildman–Crippen LogP) is -1.62. The molecule has 11 nitrogen and oxygen atoms in total. The Morgan fingerprint density at radius 1 is 0.625 bits per heavy atom. The van der Waals surface area contributed by atoms with Crippen molar-refractivity contribution in [2.24, 2.45) is 0 Å². The minimum absolute atomic E-state index is 0.318. The standard InChI is InChI=1S/C21H40O11/c1-2-3-4-5-6-7-8-9-29-20-18(28)16(26)19(13(11-23)31-20)32-21-17(27)15(25)14(24)12(10-22)30-21/h12-28H,2-11H2,1H3. The van der Waals surface area contributed by atoms with Crippen LogP contribution in [-0.4, -0.2) is 117 Å². The van der Waals surface area contributed by atoms with E-state index >= 15 is 0 Å². The lowest BCUT2D eigenvalue weighted by Gasteiger charge is -2.45. The van der Waals surface area contributed by atoms with Crippen LogP contribution in [0.2, 0.25) is 0 Å². The summed E-state index contributed by atoms with van der Waals surface area (Å²) in [6.45, 7) is 1.26. The molecular formula is C21H40O11. The second-order valence-corrected chi connectivity index (χ2v) is 8.50. The van der Waals surface area contributed by atoms with Gasteiger partial charge in [-0.25, -0.2) is 0 Å². The highest BCUT2D eigenvalue weighted by Crippen LogP contribution is 2.29. The highest BCUT2D eigenvalue weighted by atomic mass is 16.7. The first-order chi connectivity index (χ1) is 15.3. The molecule has 0 amide bonds. The zero-order valence-electron chi connectivity index (χ0n) is 18.6. The normalized spacial score (nSPS) is 40.5. The van der Waals surface area contributed by atoms with E-state index in [1.165, 1.54) is 25.7 Å². The third kappa shape index (κ3) is 7.28. The van der Waals surface area contributed by atoms with Crippen LogP contribution in [0.3, 0.4) is 0 Å². The Morgan fingerprint density at radius 3 is 1.81 bits per heavy atom. The maximum atomic E-state index is 10.5. The van der Waals surface area contributed by atoms with Gasteiger partial charge < -0.3 is 54.7 Å². The summed E-state index contributed by atoms with van der Waals surface area (Å²) in [6, 6.07) is 0. The van der Waals surface area contributed by atoms with Gasteiger partial charge in [0, 0.05) is 6.61 Å². The van der Waals surface area contributed by atoms with E-state index in [1.54, 1.807) is 0 Å². The summed E-state index contributed by atoms with van der Waals surface area (Å²) in [5.41, 5.74) is 0. The van der Waals surface area contributed by atoms with Gasteiger partial charge in [-0.05, 0) is 6.42 Å². The fourth-order valence-electron chi connectivity index (χ4n) is 3.95. The van der Waals surface area contributed by atoms with Crippen LogP contribution in [0, 0.1) is 0 Å². The number of aliphatic hydroxyl groups is 7. The van der Waals surface area contributed by atoms with E-state index in [0.29, 0.717) is 6.61 Å². The van der Waals surface area contributed by atoms with Crippen LogP contribution in [0.15, 0.2) is 0 Å². The first-order valence-electron chi connectivity index (χ1n) is 11.6. The molecule has 2 aliphatic heterocycles. The molecule has 32 heavy (non-hydrogen) atoms. The lowest BCUT2D eigenvalue weighted by atomic mass is 9.97. The zero-order valence-corrected chi connectivity index (χ0v) is 18.6. The molecular weight excluding hydrogens is 428 g/mol. The molecule has 0 aromatic rings. The van der Waals surface area contributed by atoms with E-state index in [9.17, 15) is 35.7 Å². The van der Waals surface area contributed by atoms with Crippen molar-refractivity contribution in [2.75, 3.05) is 19.8 Å². The number of hydrogen-bond acceptors (Lipinski definition) is 11. The Hall–Kier alpha value is -0.440. The van der Waals surface area contributed by atoms with Crippen molar-refractivity contribution < 1.29 is 54.7 Å². The lowest BCUT2D eigenvalue weighted by molar-refractivity contribution is -0.359. The van der Waals surface area contributed by atoms with Crippen LogP contribution in [0.1, 0.15) is 51.9 Å². The maximum absolute atomic E-state index is 10.5. The first kappa shape index (κ1) is 27.8. The summed E-state index contributed by atoms with van der Waals surface area (Å²) >= 11 is 0. The van der Waals surface area contributed by atoms with Gasteiger partial charge >= 0.3 is 0 Å². The Kier molecular flexibility index (Phi) is 12.2. The monoisotopic (exact) mass is 468 g/mol. The van der Waals surface area contributed by atoms with E-state index in [0.717, 1.165) is 19.3 Å². The van der Waals surface area contributed by atoms with Crippen LogP contribution in [0.4, 0.5) is 0 Å². The summed E-state index contributed by atoms with van der Waals surface area (Å²) in [5, 5.41) is 69.8. The summed E-state index contributed by atoms with van der Waals surface area (Å²) in [6.07, 6.45) is -6.68. The average molecular weight is 469 g/mol. The van der Waals surface area contributed by atoms with Crippen molar-refractivity contribution in [3.8, 4) is 0 Å². The molecule has 0 bridgehead atoms. The summed E-state index contributed by atoms with van der Waals surface area (Å²) in [4.78, 5) is 0. The molecule has 10 unspecified atom stereocenters. The summed E-state index contributed by atoms with van der Waals surface area (Å²) < 4.78 is 21.9. The van der Waals surface area contributed by atoms with Gasteiger partial charge in [-0.3, -0.25) is 0 Å². The topological polar surface area (TPSA) is 179 Å². The predicted molar refractivity (Wildman–Crippen MR) is 110 cm³/mol. The summed E-state index contributed by atoms with van der Waals surface area (Å²) in [5.74, 6) is 0. The van der Waals surface area contributed by atoms with E-state index in [-0.39, 0.29) is 0 Å². The van der Waals surface area contributed by atoms with Crippen LogP contribution >= 0.6 is 0 Å². The molecule has 7 N–H and O–H groups in total. The fourth-order valence-corrected chi connectivity index (χ4v) is 3.95. The van der Waals surface area contributed by atoms with Gasteiger partial charge in [0.1, 0.15) is 48.8 Å². The summed E-state index contributed by atoms with van der Waals surface area (Å²) in [7, 11) is 0. The number of unbranched alkanes of at least 4 members (excludes halogenated alkanes) is 6. The van der Waals surface area contributed by atoms with E-state index in [1.807, 2.05) is 0 Å². The minimum atomic E-state index is -1.69. The van der Waals surface area contributed by atoms with Gasteiger partial charge in [-0.15, -0.1) is 0 Å². The van der Waals surface area contributed by atoms with E-state index in [4.69, 9.17) is 18.9 Å². The number of aliphatic hydroxyl groups excluding tert-OH is 7. The van der Waals surface area contributed by atoms with Crippen molar-refractivity contribution in [1.29, 1.82) is 0 Å². The average Bonchev–Trinajstić information content (AvgIpc) is 2.79. The van der Waals surface area contributed by atoms with Gasteiger partial charge in [-0.1, -0.05) is 45.4 Å². The molecule has 0 radical (unpaired) electrons. The van der Waals surface area contributed by atoms with Crippen LogP contribution < -0.4 is 0 Å². The highest BCUT2D eigenvalue weighted by Gasteiger charge is 2.50. The number of hydrogen-bond donors (Lipinski definition) is 7. The highest BCUT2D eigenvalue weighted by molar-refractivity contribution is 4.94. The molecule has 2 fully saturated rings. The Labute approximate surface area is 188 Å². The van der Waals surface area contributed by atoms with Crippen molar-refractivity contribution in [3.63, 3.8) is 0 Å². The van der Waals surface area contributed by atoms with Crippen molar-refractivity contribution >= 4 is 0 Å². The van der Waals surface area contributed by atoms with Crippen molar-refractivity contribution in [2.45, 2.75) is 113 Å². The van der Waals surface area contributed by atoms with Crippen LogP contribution in [0.5, 0.6) is 0 Å². The molecule has 0 aliphatic carbocycles. The van der Waals surface area contributed by atoms with Gasteiger partial charge in [0.2, 0.25) is 0 Å². The molecule has 2 aliphatic rings. The quantitative estimate of drug-likeness (QED) is 0.154. The van der Waals surface area contributed by atoms with Crippen LogP contribution in [0.25, 0.3) is 0 Å². The maximum Gasteiger partial charge on any atom is 0.187 e. The Bertz CT molecular complexity index is 506. The Morgan fingerprint density at radius 2 is 1.19 bits per heavy atom. The third-order valence-corrected chi connectivity index (χ3v) is 5.99. The van der Waals surface area contributed by atoms with Gasteiger partial charge in [-0.2, -0.15) is 0 Å². The minimum Gasteiger partial charge on any atom is -0.394 e. The first-order valence-corrected chi connectivity index (χ1v) is 11.6. The molecule has 2 saturated heterocycles. The molecule has 0 saturated carbocycles. The van der Waals surface area contributed by atoms with E-state index < -0.39 is 74.6 Å². The molecule has 11 heteroatoms. The Balaban J connectivity index is 1.86. The van der Waals surface area contributed by atoms with Gasteiger partial charge in [0.05, 0.1) is 13.2 Å². The fraction of sp³-hybridized carbons (Fsp3) is 1.00. The van der Waals surface area contributed by atoms with E-state index in [2.05, 4.69) is 6.92 Å². The van der Waals surface area contributed by atoms with Gasteiger partial charge in [0.15, 0.2) is 12.6 Å². The molecule has 2 heterocycles. The molecule has 2 rings (SSSR count). The third-order valence-electron chi connectivity index (χ3n) is 5.99. The molecule has 0 aromatic heterocycles. The largest absolute Gasteiger partial charge is 0.394 e. The second kappa shape index (κ2) is 14.1. The van der Waals surface area contributed by atoms with Gasteiger partial charge in [0.25, 0.3) is 0 Å².